The van der Waals surface area contributed by atoms with Crippen LogP contribution in [0.25, 0.3) is 16.8 Å². The molecule has 4 aromatic rings. The number of hydrogen-bond acceptors (Lipinski definition) is 6. The van der Waals surface area contributed by atoms with Gasteiger partial charge in [-0.25, -0.2) is 13.6 Å². The fraction of sp³-hybridized carbons (Fsp3) is 0.103. The standard InChI is InChI=1S/C29H25N3O5S/c1-2-36-28-17-20(10-15-27(28)37-19-22-8-5-7-21-6-3-4-9-26(21)22)16-23(18-30)29(33)32-24-11-13-25(14-12-24)38(31,34)35/h3-17H,2,19H2,1H3,(H,32,33)(H2,31,34,35). The zero-order valence-corrected chi connectivity index (χ0v) is 21.4. The maximum Gasteiger partial charge on any atom is 0.266 e. The highest BCUT2D eigenvalue weighted by Gasteiger charge is 2.13. The highest BCUT2D eigenvalue weighted by atomic mass is 32.2. The Kier molecular flexibility index (Phi) is 8.06. The van der Waals surface area contributed by atoms with Gasteiger partial charge in [0.2, 0.25) is 10.0 Å². The third-order valence-electron chi connectivity index (χ3n) is 5.65. The molecule has 0 heterocycles. The van der Waals surface area contributed by atoms with E-state index in [1.54, 1.807) is 18.2 Å². The normalized spacial score (nSPS) is 11.6. The number of hydrogen-bond donors (Lipinski definition) is 2. The number of carbonyl (C=O) groups is 1. The van der Waals surface area contributed by atoms with Gasteiger partial charge in [0.25, 0.3) is 5.91 Å². The molecular weight excluding hydrogens is 502 g/mol. The summed E-state index contributed by atoms with van der Waals surface area (Å²) >= 11 is 0. The van der Waals surface area contributed by atoms with Gasteiger partial charge < -0.3 is 14.8 Å². The summed E-state index contributed by atoms with van der Waals surface area (Å²) in [6.07, 6.45) is 1.44. The number of carbonyl (C=O) groups excluding carboxylic acids is 1. The number of nitrogens with one attached hydrogen (secondary N) is 1. The van der Waals surface area contributed by atoms with Crippen LogP contribution in [0.3, 0.4) is 0 Å². The van der Waals surface area contributed by atoms with Gasteiger partial charge in [-0.1, -0.05) is 48.5 Å². The summed E-state index contributed by atoms with van der Waals surface area (Å²) in [7, 11) is -3.85. The minimum Gasteiger partial charge on any atom is -0.490 e. The lowest BCUT2D eigenvalue weighted by molar-refractivity contribution is -0.112. The van der Waals surface area contributed by atoms with Crippen LogP contribution in [0.15, 0.2) is 95.4 Å². The Labute approximate surface area is 221 Å². The minimum absolute atomic E-state index is 0.0854. The molecule has 3 N–H and O–H groups in total. The highest BCUT2D eigenvalue weighted by Crippen LogP contribution is 2.31. The van der Waals surface area contributed by atoms with Gasteiger partial charge in [0.1, 0.15) is 18.2 Å². The summed E-state index contributed by atoms with van der Waals surface area (Å²) in [6, 6.07) is 26.5. The lowest BCUT2D eigenvalue weighted by Gasteiger charge is -2.14. The summed E-state index contributed by atoms with van der Waals surface area (Å²) in [5.41, 5.74) is 1.78. The summed E-state index contributed by atoms with van der Waals surface area (Å²) in [5.74, 6) is 0.373. The van der Waals surface area contributed by atoms with E-state index in [2.05, 4.69) is 5.32 Å². The molecule has 0 saturated heterocycles. The van der Waals surface area contributed by atoms with Crippen molar-refractivity contribution in [1.82, 2.24) is 0 Å². The van der Waals surface area contributed by atoms with Crippen molar-refractivity contribution in [2.75, 3.05) is 11.9 Å². The van der Waals surface area contributed by atoms with Crippen LogP contribution in [0.1, 0.15) is 18.1 Å². The molecule has 0 atom stereocenters. The molecule has 0 bridgehead atoms. The number of nitrogens with two attached hydrogens (primary N) is 1. The molecule has 9 heteroatoms. The molecule has 4 aromatic carbocycles. The molecule has 0 spiro atoms. The van der Waals surface area contributed by atoms with Crippen LogP contribution in [0.4, 0.5) is 5.69 Å². The number of rotatable bonds is 9. The first-order valence-electron chi connectivity index (χ1n) is 11.7. The minimum atomic E-state index is -3.85. The van der Waals surface area contributed by atoms with Crippen molar-refractivity contribution in [2.45, 2.75) is 18.4 Å². The second-order valence-electron chi connectivity index (χ2n) is 8.26. The Morgan fingerprint density at radius 1 is 0.974 bits per heavy atom. The zero-order valence-electron chi connectivity index (χ0n) is 20.5. The third-order valence-corrected chi connectivity index (χ3v) is 6.58. The second kappa shape index (κ2) is 11.6. The van der Waals surface area contributed by atoms with E-state index in [4.69, 9.17) is 14.6 Å². The lowest BCUT2D eigenvalue weighted by Crippen LogP contribution is -2.14. The van der Waals surface area contributed by atoms with Crippen molar-refractivity contribution in [3.05, 3.63) is 102 Å². The van der Waals surface area contributed by atoms with Crippen molar-refractivity contribution >= 4 is 38.5 Å². The molecule has 8 nitrogen and oxygen atoms in total. The van der Waals surface area contributed by atoms with E-state index in [0.717, 1.165) is 16.3 Å². The van der Waals surface area contributed by atoms with E-state index in [1.807, 2.05) is 55.5 Å². The van der Waals surface area contributed by atoms with Crippen LogP contribution >= 0.6 is 0 Å². The van der Waals surface area contributed by atoms with E-state index in [9.17, 15) is 18.5 Å². The fourth-order valence-corrected chi connectivity index (χ4v) is 4.33. The van der Waals surface area contributed by atoms with Crippen molar-refractivity contribution in [2.24, 2.45) is 5.14 Å². The number of nitriles is 1. The average Bonchev–Trinajstić information content (AvgIpc) is 2.91. The van der Waals surface area contributed by atoms with E-state index >= 15 is 0 Å². The fourth-order valence-electron chi connectivity index (χ4n) is 3.82. The molecule has 0 aliphatic carbocycles. The molecule has 0 aliphatic rings. The third kappa shape index (κ3) is 6.37. The zero-order chi connectivity index (χ0) is 27.1. The quantitative estimate of drug-likeness (QED) is 0.232. The molecule has 0 unspecified atom stereocenters. The van der Waals surface area contributed by atoms with Gasteiger partial charge in [0.15, 0.2) is 11.5 Å². The van der Waals surface area contributed by atoms with E-state index in [-0.39, 0.29) is 10.5 Å². The maximum absolute atomic E-state index is 12.7. The van der Waals surface area contributed by atoms with Crippen LogP contribution in [-0.4, -0.2) is 20.9 Å². The van der Waals surface area contributed by atoms with Gasteiger partial charge in [0, 0.05) is 5.69 Å². The first-order valence-corrected chi connectivity index (χ1v) is 13.3. The average molecular weight is 528 g/mol. The predicted octanol–water partition coefficient (Wildman–Crippen LogP) is 5.01. The van der Waals surface area contributed by atoms with Gasteiger partial charge in [-0.3, -0.25) is 4.79 Å². The van der Waals surface area contributed by atoms with Crippen molar-refractivity contribution in [1.29, 1.82) is 5.26 Å². The van der Waals surface area contributed by atoms with Crippen LogP contribution in [0.2, 0.25) is 0 Å². The number of fused-ring (bicyclic) bond motifs is 1. The first kappa shape index (κ1) is 26.4. The molecule has 0 saturated carbocycles. The SMILES string of the molecule is CCOc1cc(C=C(C#N)C(=O)Nc2ccc(S(N)(=O)=O)cc2)ccc1OCc1cccc2ccccc12. The Balaban J connectivity index is 1.52. The topological polar surface area (TPSA) is 132 Å². The van der Waals surface area contributed by atoms with Gasteiger partial charge in [0.05, 0.1) is 11.5 Å². The molecule has 38 heavy (non-hydrogen) atoms. The maximum atomic E-state index is 12.7. The summed E-state index contributed by atoms with van der Waals surface area (Å²) < 4.78 is 34.7. The molecule has 0 radical (unpaired) electrons. The van der Waals surface area contributed by atoms with Crippen LogP contribution in [0, 0.1) is 11.3 Å². The summed E-state index contributed by atoms with van der Waals surface area (Å²) in [5, 5.41) is 19.5. The highest BCUT2D eigenvalue weighted by molar-refractivity contribution is 7.89. The smallest absolute Gasteiger partial charge is 0.266 e. The Hall–Kier alpha value is -4.65. The molecule has 192 valence electrons. The van der Waals surface area contributed by atoms with Crippen molar-refractivity contribution in [3.8, 4) is 17.6 Å². The van der Waals surface area contributed by atoms with Gasteiger partial charge in [-0.2, -0.15) is 5.26 Å². The molecule has 0 fully saturated rings. The van der Waals surface area contributed by atoms with Crippen LogP contribution in [-0.2, 0) is 21.4 Å². The van der Waals surface area contributed by atoms with E-state index < -0.39 is 15.9 Å². The molecular formula is C29H25N3O5S. The monoisotopic (exact) mass is 527 g/mol. The largest absolute Gasteiger partial charge is 0.490 e. The second-order valence-corrected chi connectivity index (χ2v) is 9.82. The number of anilines is 1. The summed E-state index contributed by atoms with van der Waals surface area (Å²) in [4.78, 5) is 12.6. The van der Waals surface area contributed by atoms with E-state index in [1.165, 1.54) is 30.3 Å². The Morgan fingerprint density at radius 2 is 1.71 bits per heavy atom. The number of sulfonamides is 1. The lowest BCUT2D eigenvalue weighted by atomic mass is 10.1. The number of nitrogens with zero attached hydrogens (tertiary/aromatic N) is 1. The molecule has 4 rings (SSSR count). The van der Waals surface area contributed by atoms with Gasteiger partial charge in [-0.15, -0.1) is 0 Å². The Morgan fingerprint density at radius 3 is 2.42 bits per heavy atom. The number of ether oxygens (including phenoxy) is 2. The van der Waals surface area contributed by atoms with Gasteiger partial charge >= 0.3 is 0 Å². The number of amides is 1. The van der Waals surface area contributed by atoms with E-state index in [0.29, 0.717) is 36.0 Å². The number of primary sulfonamides is 1. The van der Waals surface area contributed by atoms with Crippen LogP contribution < -0.4 is 19.9 Å². The number of benzene rings is 4. The van der Waals surface area contributed by atoms with Gasteiger partial charge in [-0.05, 0) is 71.3 Å². The van der Waals surface area contributed by atoms with Crippen LogP contribution in [0.5, 0.6) is 11.5 Å². The van der Waals surface area contributed by atoms with Crippen molar-refractivity contribution < 1.29 is 22.7 Å². The van der Waals surface area contributed by atoms with Crippen molar-refractivity contribution in [3.63, 3.8) is 0 Å². The summed E-state index contributed by atoms with van der Waals surface area (Å²) in [6.45, 7) is 2.59. The molecule has 0 aliphatic heterocycles. The predicted molar refractivity (Wildman–Crippen MR) is 146 cm³/mol. The first-order chi connectivity index (χ1) is 18.3. The molecule has 1 amide bonds. The molecule has 0 aromatic heterocycles. The Bertz CT molecular complexity index is 1650.